The highest BCUT2D eigenvalue weighted by Gasteiger charge is 2.37. The molecule has 0 radical (unpaired) electrons. The summed E-state index contributed by atoms with van der Waals surface area (Å²) in [7, 11) is 0. The van der Waals surface area contributed by atoms with E-state index in [4.69, 9.17) is 10.5 Å². The van der Waals surface area contributed by atoms with Crippen LogP contribution in [0, 0.1) is 0 Å². The average Bonchev–Trinajstić information content (AvgIpc) is 2.68. The first-order valence-corrected chi connectivity index (χ1v) is 9.87. The number of carboxylic acid groups (broad SMARTS) is 1. The minimum atomic E-state index is -0.900. The molecular formula is C22H27N3O3. The van der Waals surface area contributed by atoms with Crippen molar-refractivity contribution >= 4 is 11.8 Å². The highest BCUT2D eigenvalue weighted by molar-refractivity contribution is 5.66. The molecule has 0 aromatic heterocycles. The summed E-state index contributed by atoms with van der Waals surface area (Å²) in [5.74, 6) is 0.893. The van der Waals surface area contributed by atoms with Gasteiger partial charge in [-0.25, -0.2) is 4.79 Å². The maximum atomic E-state index is 11.9. The van der Waals surface area contributed by atoms with Gasteiger partial charge >= 0.3 is 6.09 Å². The van der Waals surface area contributed by atoms with E-state index in [0.717, 1.165) is 36.5 Å². The fourth-order valence-electron chi connectivity index (χ4n) is 4.31. The Balaban J connectivity index is 1.71. The maximum Gasteiger partial charge on any atom is 0.407 e. The van der Waals surface area contributed by atoms with Crippen LogP contribution in [-0.4, -0.2) is 54.4 Å². The normalized spacial score (nSPS) is 21.4. The summed E-state index contributed by atoms with van der Waals surface area (Å²) < 4.78 is 6.00. The van der Waals surface area contributed by atoms with Gasteiger partial charge in [0.25, 0.3) is 0 Å². The van der Waals surface area contributed by atoms with E-state index in [1.165, 1.54) is 10.5 Å². The number of fused-ring (bicyclic) bond motifs is 1. The van der Waals surface area contributed by atoms with Crippen molar-refractivity contribution in [2.24, 2.45) is 5.73 Å². The second kappa shape index (κ2) is 7.72. The predicted octanol–water partition coefficient (Wildman–Crippen LogP) is 2.92. The van der Waals surface area contributed by atoms with Gasteiger partial charge in [0.05, 0.1) is 6.04 Å². The zero-order valence-electron chi connectivity index (χ0n) is 16.1. The Kier molecular flexibility index (Phi) is 5.13. The molecule has 2 unspecified atom stereocenters. The quantitative estimate of drug-likeness (QED) is 0.833. The summed E-state index contributed by atoms with van der Waals surface area (Å²) in [6, 6.07) is 16.5. The summed E-state index contributed by atoms with van der Waals surface area (Å²) in [6.07, 6.45) is -0.128. The van der Waals surface area contributed by atoms with Gasteiger partial charge in [0.15, 0.2) is 0 Å². The van der Waals surface area contributed by atoms with Crippen LogP contribution in [0.2, 0.25) is 0 Å². The van der Waals surface area contributed by atoms with Crippen LogP contribution in [0.3, 0.4) is 0 Å². The van der Waals surface area contributed by atoms with Gasteiger partial charge in [-0.05, 0) is 37.1 Å². The molecule has 6 nitrogen and oxygen atoms in total. The first-order chi connectivity index (χ1) is 13.6. The topological polar surface area (TPSA) is 79.0 Å². The third kappa shape index (κ3) is 3.52. The van der Waals surface area contributed by atoms with Crippen LogP contribution in [-0.2, 0) is 6.42 Å². The predicted molar refractivity (Wildman–Crippen MR) is 109 cm³/mol. The van der Waals surface area contributed by atoms with E-state index in [1.54, 1.807) is 0 Å². The Bertz CT molecular complexity index is 836. The molecule has 2 heterocycles. The Labute approximate surface area is 165 Å². The SMILES string of the molecule is CCN(C(=O)O)C1COc2ccc(N3CC(N)C3)cc2C1Cc1ccccc1. The lowest BCUT2D eigenvalue weighted by molar-refractivity contribution is 0.0850. The molecule has 148 valence electrons. The molecule has 0 bridgehead atoms. The lowest BCUT2D eigenvalue weighted by atomic mass is 9.83. The van der Waals surface area contributed by atoms with Crippen molar-refractivity contribution in [1.82, 2.24) is 4.90 Å². The van der Waals surface area contributed by atoms with E-state index in [-0.39, 0.29) is 18.0 Å². The molecular weight excluding hydrogens is 354 g/mol. The van der Waals surface area contributed by atoms with Crippen molar-refractivity contribution in [1.29, 1.82) is 0 Å². The summed E-state index contributed by atoms with van der Waals surface area (Å²) in [5.41, 5.74) is 9.35. The van der Waals surface area contributed by atoms with E-state index in [0.29, 0.717) is 13.2 Å². The van der Waals surface area contributed by atoms with Crippen molar-refractivity contribution in [3.05, 3.63) is 59.7 Å². The fraction of sp³-hybridized carbons (Fsp3) is 0.409. The van der Waals surface area contributed by atoms with Gasteiger partial charge in [-0.15, -0.1) is 0 Å². The second-order valence-corrected chi connectivity index (χ2v) is 7.63. The maximum absolute atomic E-state index is 11.9. The average molecular weight is 381 g/mol. The van der Waals surface area contributed by atoms with E-state index in [9.17, 15) is 9.90 Å². The molecule has 1 fully saturated rings. The van der Waals surface area contributed by atoms with Crippen LogP contribution in [0.5, 0.6) is 5.75 Å². The number of anilines is 1. The van der Waals surface area contributed by atoms with Crippen molar-refractivity contribution in [3.8, 4) is 5.75 Å². The standard InChI is InChI=1S/C22H27N3O3/c1-2-25(22(26)27)20-14-28-21-9-8-17(24-12-16(23)13-24)11-19(21)18(20)10-15-6-4-3-5-7-15/h3-9,11,16,18,20H,2,10,12-14,23H2,1H3,(H,26,27). The first kappa shape index (κ1) is 18.6. The molecule has 3 N–H and O–H groups in total. The molecule has 28 heavy (non-hydrogen) atoms. The van der Waals surface area contributed by atoms with E-state index < -0.39 is 6.09 Å². The van der Waals surface area contributed by atoms with Gasteiger partial charge in [0, 0.05) is 42.8 Å². The van der Waals surface area contributed by atoms with Gasteiger partial charge < -0.3 is 25.4 Å². The molecule has 1 amide bonds. The largest absolute Gasteiger partial charge is 0.491 e. The van der Waals surface area contributed by atoms with Gasteiger partial charge in [0.1, 0.15) is 12.4 Å². The number of ether oxygens (including phenoxy) is 1. The number of hydrogen-bond donors (Lipinski definition) is 2. The molecule has 2 aliphatic heterocycles. The smallest absolute Gasteiger partial charge is 0.407 e. The van der Waals surface area contributed by atoms with Crippen molar-refractivity contribution in [2.45, 2.75) is 31.3 Å². The first-order valence-electron chi connectivity index (χ1n) is 9.87. The molecule has 0 saturated carbocycles. The molecule has 2 aliphatic rings. The Hall–Kier alpha value is -2.73. The van der Waals surface area contributed by atoms with Crippen molar-refractivity contribution in [3.63, 3.8) is 0 Å². The summed E-state index contributed by atoms with van der Waals surface area (Å²) in [4.78, 5) is 15.6. The number of carbonyl (C=O) groups is 1. The van der Waals surface area contributed by atoms with Crippen LogP contribution in [0.4, 0.5) is 10.5 Å². The van der Waals surface area contributed by atoms with Crippen LogP contribution in [0.15, 0.2) is 48.5 Å². The monoisotopic (exact) mass is 381 g/mol. The Morgan fingerprint density at radius 2 is 2.00 bits per heavy atom. The molecule has 2 aromatic carbocycles. The Morgan fingerprint density at radius 3 is 2.64 bits per heavy atom. The molecule has 2 aromatic rings. The van der Waals surface area contributed by atoms with E-state index in [2.05, 4.69) is 29.2 Å². The molecule has 0 aliphatic carbocycles. The number of rotatable bonds is 5. The molecule has 2 atom stereocenters. The third-order valence-corrected chi connectivity index (χ3v) is 5.83. The number of amides is 1. The van der Waals surface area contributed by atoms with Gasteiger partial charge in [-0.2, -0.15) is 0 Å². The lowest BCUT2D eigenvalue weighted by Crippen LogP contribution is -2.56. The van der Waals surface area contributed by atoms with E-state index in [1.807, 2.05) is 31.2 Å². The van der Waals surface area contributed by atoms with E-state index >= 15 is 0 Å². The van der Waals surface area contributed by atoms with Crippen LogP contribution in [0.25, 0.3) is 0 Å². The summed E-state index contributed by atoms with van der Waals surface area (Å²) in [5, 5.41) is 9.72. The second-order valence-electron chi connectivity index (χ2n) is 7.63. The fourth-order valence-corrected chi connectivity index (χ4v) is 4.31. The zero-order valence-corrected chi connectivity index (χ0v) is 16.1. The van der Waals surface area contributed by atoms with Crippen LogP contribution >= 0.6 is 0 Å². The highest BCUT2D eigenvalue weighted by atomic mass is 16.5. The van der Waals surface area contributed by atoms with Crippen molar-refractivity contribution in [2.75, 3.05) is 31.1 Å². The summed E-state index contributed by atoms with van der Waals surface area (Å²) in [6.45, 7) is 4.38. The lowest BCUT2D eigenvalue weighted by Gasteiger charge is -2.42. The molecule has 0 spiro atoms. The summed E-state index contributed by atoms with van der Waals surface area (Å²) >= 11 is 0. The van der Waals surface area contributed by atoms with Gasteiger partial charge in [-0.3, -0.25) is 0 Å². The Morgan fingerprint density at radius 1 is 1.25 bits per heavy atom. The zero-order chi connectivity index (χ0) is 19.7. The van der Waals surface area contributed by atoms with Crippen molar-refractivity contribution < 1.29 is 14.6 Å². The number of likely N-dealkylation sites (N-methyl/N-ethyl adjacent to an activating group) is 1. The van der Waals surface area contributed by atoms with Crippen LogP contribution < -0.4 is 15.4 Å². The number of nitrogens with zero attached hydrogens (tertiary/aromatic N) is 2. The minimum absolute atomic E-state index is 0.0390. The molecule has 4 rings (SSSR count). The van der Waals surface area contributed by atoms with Gasteiger partial charge in [-0.1, -0.05) is 30.3 Å². The number of benzene rings is 2. The molecule has 1 saturated heterocycles. The number of hydrogen-bond acceptors (Lipinski definition) is 4. The van der Waals surface area contributed by atoms with Gasteiger partial charge in [0.2, 0.25) is 0 Å². The third-order valence-electron chi connectivity index (χ3n) is 5.83. The highest BCUT2D eigenvalue weighted by Crippen LogP contribution is 2.40. The number of nitrogens with two attached hydrogens (primary N) is 1. The molecule has 6 heteroatoms. The van der Waals surface area contributed by atoms with Crippen LogP contribution in [0.1, 0.15) is 24.0 Å². The minimum Gasteiger partial charge on any atom is -0.491 e.